The number of benzene rings is 2. The minimum absolute atomic E-state index is 0. The molecule has 6 heteroatoms. The fraction of sp³-hybridized carbons (Fsp3) is 0.576. The Kier molecular flexibility index (Phi) is 9.63. The van der Waals surface area contributed by atoms with E-state index in [-0.39, 0.29) is 51.8 Å². The van der Waals surface area contributed by atoms with Crippen LogP contribution in [-0.2, 0) is 10.8 Å². The van der Waals surface area contributed by atoms with Crippen LogP contribution in [0.1, 0.15) is 107 Å². The molecule has 4 rings (SSSR count). The monoisotopic (exact) mass is 597 g/mol. The van der Waals surface area contributed by atoms with Gasteiger partial charge in [-0.05, 0) is 59.8 Å². The Bertz CT molecular complexity index is 1150. The smallest absolute Gasteiger partial charge is 0.182 e. The number of phenolic OH excluding ortho intramolecular Hbond substituents is 1. The predicted molar refractivity (Wildman–Crippen MR) is 168 cm³/mol. The topological polar surface area (TPSA) is 67.6 Å². The van der Waals surface area contributed by atoms with E-state index in [4.69, 9.17) is 0 Å². The minimum Gasteiger partial charge on any atom is -0.507 e. The van der Waals surface area contributed by atoms with Crippen LogP contribution in [0.15, 0.2) is 36.4 Å². The summed E-state index contributed by atoms with van der Waals surface area (Å²) in [4.78, 5) is 18.3. The first kappa shape index (κ1) is 31.2. The van der Waals surface area contributed by atoms with Gasteiger partial charge >= 0.3 is 0 Å². The van der Waals surface area contributed by atoms with Crippen molar-refractivity contribution in [3.05, 3.63) is 58.7 Å². The van der Waals surface area contributed by atoms with Crippen LogP contribution < -0.4 is 4.90 Å². The second kappa shape index (κ2) is 12.0. The minimum atomic E-state index is -0.294. The van der Waals surface area contributed by atoms with Crippen LogP contribution in [0, 0.1) is 11.3 Å². The average molecular weight is 599 g/mol. The summed E-state index contributed by atoms with van der Waals surface area (Å²) in [6.45, 7) is 17.7. The Morgan fingerprint density at radius 1 is 1.00 bits per heavy atom. The molecule has 2 heterocycles. The number of anilines is 1. The van der Waals surface area contributed by atoms with E-state index in [2.05, 4.69) is 77.6 Å². The highest BCUT2D eigenvalue weighted by atomic mass is 79.9. The van der Waals surface area contributed by atoms with Crippen LogP contribution in [-0.4, -0.2) is 47.8 Å². The summed E-state index contributed by atoms with van der Waals surface area (Å²) in [7, 11) is 0. The van der Waals surface area contributed by atoms with Gasteiger partial charge in [0, 0.05) is 47.9 Å². The lowest BCUT2D eigenvalue weighted by Crippen LogP contribution is -2.32. The third kappa shape index (κ3) is 6.53. The van der Waals surface area contributed by atoms with Gasteiger partial charge in [0.25, 0.3) is 0 Å². The molecule has 2 unspecified atom stereocenters. The number of aromatic hydroxyl groups is 1. The lowest BCUT2D eigenvalue weighted by atomic mass is 9.78. The highest BCUT2D eigenvalue weighted by molar-refractivity contribution is 8.93. The zero-order valence-corrected chi connectivity index (χ0v) is 26.6. The summed E-state index contributed by atoms with van der Waals surface area (Å²) < 4.78 is 0. The third-order valence-corrected chi connectivity index (χ3v) is 8.32. The van der Waals surface area contributed by atoms with Crippen LogP contribution in [0.2, 0.25) is 0 Å². The van der Waals surface area contributed by atoms with Crippen LogP contribution in [0.3, 0.4) is 0 Å². The molecule has 2 aromatic rings. The van der Waals surface area contributed by atoms with Gasteiger partial charge in [-0.2, -0.15) is 0 Å². The van der Waals surface area contributed by atoms with Gasteiger partial charge in [0.15, 0.2) is 5.78 Å². The maximum Gasteiger partial charge on any atom is 0.182 e. The van der Waals surface area contributed by atoms with E-state index in [1.54, 1.807) is 0 Å². The van der Waals surface area contributed by atoms with Crippen molar-refractivity contribution in [3.8, 4) is 5.75 Å². The summed E-state index contributed by atoms with van der Waals surface area (Å²) in [5, 5.41) is 20.4. The molecule has 0 spiro atoms. The molecule has 2 aromatic carbocycles. The average Bonchev–Trinajstić information content (AvgIpc) is 3.47. The second-order valence-corrected chi connectivity index (χ2v) is 13.4. The van der Waals surface area contributed by atoms with Crippen LogP contribution >= 0.6 is 17.0 Å². The fourth-order valence-electron chi connectivity index (χ4n) is 6.29. The van der Waals surface area contributed by atoms with Crippen molar-refractivity contribution in [2.75, 3.05) is 31.1 Å². The van der Waals surface area contributed by atoms with E-state index in [9.17, 15) is 15.3 Å². The number of halogens is 1. The van der Waals surface area contributed by atoms with Crippen molar-refractivity contribution in [1.29, 1.82) is 5.41 Å². The van der Waals surface area contributed by atoms with E-state index in [1.165, 1.54) is 24.1 Å². The Balaban J connectivity index is 0.00000420. The summed E-state index contributed by atoms with van der Waals surface area (Å²) in [5.41, 5.74) is 4.13. The molecular formula is C33H48BrN3O2. The number of hydrogen-bond acceptors (Lipinski definition) is 4. The number of nitrogens with one attached hydrogen (secondary N) is 1. The first-order chi connectivity index (χ1) is 17.8. The Labute approximate surface area is 246 Å². The van der Waals surface area contributed by atoms with Crippen LogP contribution in [0.4, 0.5) is 5.69 Å². The molecule has 2 fully saturated rings. The predicted octanol–water partition coefficient (Wildman–Crippen LogP) is 7.84. The van der Waals surface area contributed by atoms with Gasteiger partial charge in [-0.25, -0.2) is 0 Å². The van der Waals surface area contributed by atoms with E-state index in [1.807, 2.05) is 17.0 Å². The van der Waals surface area contributed by atoms with Gasteiger partial charge in [-0.15, -0.1) is 17.0 Å². The molecule has 0 aromatic heterocycles. The number of carbonyl (C=O) groups excluding carboxylic acids is 1. The van der Waals surface area contributed by atoms with Crippen molar-refractivity contribution in [3.63, 3.8) is 0 Å². The number of carbonyl (C=O) groups is 1. The van der Waals surface area contributed by atoms with Gasteiger partial charge in [-0.1, -0.05) is 73.1 Å². The number of phenols is 1. The molecule has 39 heavy (non-hydrogen) atoms. The molecule has 5 nitrogen and oxygen atoms in total. The zero-order chi connectivity index (χ0) is 27.8. The highest BCUT2D eigenvalue weighted by Gasteiger charge is 2.40. The number of amidine groups is 1. The van der Waals surface area contributed by atoms with Crippen molar-refractivity contribution in [1.82, 2.24) is 4.90 Å². The highest BCUT2D eigenvalue weighted by Crippen LogP contribution is 2.43. The third-order valence-electron chi connectivity index (χ3n) is 8.32. The molecule has 0 radical (unpaired) electrons. The SMILES string of the molecule is Br.CCCC1CN(CC(=O)c2cc(C(C)(C)C)c(O)c(C(C)(C)C)c2)C(=N)C1c1ccccc1N1CCCC1. The van der Waals surface area contributed by atoms with Crippen LogP contribution in [0.25, 0.3) is 0 Å². The number of para-hydroxylation sites is 1. The fourth-order valence-corrected chi connectivity index (χ4v) is 6.29. The van der Waals surface area contributed by atoms with Crippen molar-refractivity contribution in [2.45, 2.75) is 90.9 Å². The van der Waals surface area contributed by atoms with E-state index < -0.39 is 0 Å². The summed E-state index contributed by atoms with van der Waals surface area (Å²) in [6, 6.07) is 12.4. The van der Waals surface area contributed by atoms with Gasteiger partial charge in [0.1, 0.15) is 11.6 Å². The first-order valence-corrected chi connectivity index (χ1v) is 14.4. The summed E-state index contributed by atoms with van der Waals surface area (Å²) in [5.74, 6) is 1.19. The number of Topliss-reactive ketones (excluding diaryl/α,β-unsaturated/α-hetero) is 1. The largest absolute Gasteiger partial charge is 0.507 e. The van der Waals surface area contributed by atoms with Crippen molar-refractivity contribution < 1.29 is 9.90 Å². The van der Waals surface area contributed by atoms with E-state index in [0.29, 0.717) is 17.3 Å². The molecule has 0 bridgehead atoms. The number of ketones is 1. The molecule has 2 aliphatic rings. The first-order valence-electron chi connectivity index (χ1n) is 14.4. The van der Waals surface area contributed by atoms with Gasteiger partial charge in [0.05, 0.1) is 6.54 Å². The molecule has 2 aliphatic heterocycles. The number of nitrogens with zero attached hydrogens (tertiary/aromatic N) is 2. The zero-order valence-electron chi connectivity index (χ0n) is 24.9. The molecule has 0 amide bonds. The number of hydrogen-bond donors (Lipinski definition) is 2. The Morgan fingerprint density at radius 2 is 1.56 bits per heavy atom. The second-order valence-electron chi connectivity index (χ2n) is 13.4. The molecule has 2 atom stereocenters. The number of rotatable bonds is 7. The molecule has 2 N–H and O–H groups in total. The maximum atomic E-state index is 13.8. The normalized spacial score (nSPS) is 19.9. The van der Waals surface area contributed by atoms with Gasteiger partial charge in [-0.3, -0.25) is 10.2 Å². The quantitative estimate of drug-likeness (QED) is 0.319. The summed E-state index contributed by atoms with van der Waals surface area (Å²) in [6.07, 6.45) is 4.53. The van der Waals surface area contributed by atoms with E-state index >= 15 is 0 Å². The maximum absolute atomic E-state index is 13.8. The molecule has 214 valence electrons. The standard InChI is InChI=1S/C33H47N3O2.BrH/c1-8-13-22-20-36(31(34)29(22)24-14-9-10-15-27(24)35-16-11-12-17-35)21-28(37)23-18-25(32(2,3)4)30(38)26(19-23)33(5,6)7;/h9-10,14-15,18-19,22,29,34,38H,8,11-13,16-17,20-21H2,1-7H3;1H. The Hall–Kier alpha value is -2.34. The summed E-state index contributed by atoms with van der Waals surface area (Å²) >= 11 is 0. The lowest BCUT2D eigenvalue weighted by molar-refractivity contribution is 0.0963. The molecule has 0 aliphatic carbocycles. The Morgan fingerprint density at radius 3 is 2.10 bits per heavy atom. The number of likely N-dealkylation sites (tertiary alicyclic amines) is 1. The molecular weight excluding hydrogens is 550 g/mol. The van der Waals surface area contributed by atoms with Gasteiger partial charge < -0.3 is 14.9 Å². The molecule has 0 saturated carbocycles. The van der Waals surface area contributed by atoms with Gasteiger partial charge in [0.2, 0.25) is 0 Å². The molecule has 2 saturated heterocycles. The van der Waals surface area contributed by atoms with Crippen molar-refractivity contribution in [2.24, 2.45) is 5.92 Å². The van der Waals surface area contributed by atoms with E-state index in [0.717, 1.165) is 43.6 Å². The lowest BCUT2D eigenvalue weighted by Gasteiger charge is -2.28. The van der Waals surface area contributed by atoms with Crippen molar-refractivity contribution >= 4 is 34.3 Å². The van der Waals surface area contributed by atoms with Crippen LogP contribution in [0.5, 0.6) is 5.75 Å².